The summed E-state index contributed by atoms with van der Waals surface area (Å²) in [5, 5.41) is 0. The molecule has 1 amide bonds. The number of amides is 1. The third-order valence-corrected chi connectivity index (χ3v) is 5.36. The first-order valence-electron chi connectivity index (χ1n) is 9.41. The van der Waals surface area contributed by atoms with Crippen LogP contribution in [0.5, 0.6) is 0 Å². The Bertz CT molecular complexity index is 719. The Hall–Kier alpha value is -2.14. The first-order valence-corrected chi connectivity index (χ1v) is 9.41. The molecule has 1 aromatic carbocycles. The number of fused-ring (bicyclic) bond motifs is 1. The van der Waals surface area contributed by atoms with Gasteiger partial charge in [0, 0.05) is 44.4 Å². The fourth-order valence-corrected chi connectivity index (χ4v) is 3.93. The molecular formula is C20H26N4O. The highest BCUT2D eigenvalue weighted by Gasteiger charge is 2.22. The number of imidazole rings is 1. The zero-order valence-corrected chi connectivity index (χ0v) is 14.7. The fourth-order valence-electron chi connectivity index (χ4n) is 3.93. The second-order valence-electron chi connectivity index (χ2n) is 7.06. The van der Waals surface area contributed by atoms with Gasteiger partial charge in [-0.1, -0.05) is 24.6 Å². The van der Waals surface area contributed by atoms with E-state index >= 15 is 0 Å². The molecular weight excluding hydrogens is 312 g/mol. The molecule has 0 unspecified atom stereocenters. The third-order valence-electron chi connectivity index (χ3n) is 5.36. The maximum atomic E-state index is 12.7. The number of benzene rings is 1. The van der Waals surface area contributed by atoms with Crippen molar-refractivity contribution in [3.63, 3.8) is 0 Å². The minimum Gasteiger partial charge on any atom is -0.336 e. The van der Waals surface area contributed by atoms with E-state index in [1.54, 1.807) is 0 Å². The van der Waals surface area contributed by atoms with Gasteiger partial charge in [0.2, 0.25) is 0 Å². The van der Waals surface area contributed by atoms with Gasteiger partial charge in [0.15, 0.2) is 0 Å². The van der Waals surface area contributed by atoms with Gasteiger partial charge in [-0.05, 0) is 38.1 Å². The average molecular weight is 338 g/mol. The molecule has 0 aliphatic carbocycles. The lowest BCUT2D eigenvalue weighted by atomic mass is 10.1. The summed E-state index contributed by atoms with van der Waals surface area (Å²) >= 11 is 0. The predicted molar refractivity (Wildman–Crippen MR) is 97.4 cm³/mol. The van der Waals surface area contributed by atoms with Crippen LogP contribution in [0.4, 0.5) is 0 Å². The SMILES string of the molecule is O=C(c1ccccc1)N1CCc2ncc(CN3CCCCC3)n2CC1. The van der Waals surface area contributed by atoms with E-state index in [1.165, 1.54) is 38.0 Å². The standard InChI is InChI=1S/C20H26N4O/c25-20(17-7-3-1-4-8-17)23-12-9-19-21-15-18(24(19)14-13-23)16-22-10-5-2-6-11-22/h1,3-4,7-8,15H,2,5-6,9-14,16H2. The Morgan fingerprint density at radius 1 is 0.960 bits per heavy atom. The Kier molecular flexibility index (Phi) is 4.83. The Balaban J connectivity index is 1.44. The zero-order chi connectivity index (χ0) is 17.1. The zero-order valence-electron chi connectivity index (χ0n) is 14.7. The van der Waals surface area contributed by atoms with E-state index in [2.05, 4.69) is 14.5 Å². The monoisotopic (exact) mass is 338 g/mol. The van der Waals surface area contributed by atoms with Gasteiger partial charge in [-0.25, -0.2) is 4.98 Å². The van der Waals surface area contributed by atoms with Gasteiger partial charge < -0.3 is 9.47 Å². The number of rotatable bonds is 3. The average Bonchev–Trinajstić information content (AvgIpc) is 2.91. The molecule has 1 fully saturated rings. The molecule has 2 aliphatic heterocycles. The lowest BCUT2D eigenvalue weighted by molar-refractivity contribution is 0.0758. The van der Waals surface area contributed by atoms with Crippen LogP contribution in [-0.4, -0.2) is 51.4 Å². The predicted octanol–water partition coefficient (Wildman–Crippen LogP) is 2.57. The van der Waals surface area contributed by atoms with Crippen LogP contribution >= 0.6 is 0 Å². The molecule has 2 aliphatic rings. The molecule has 1 saturated heterocycles. The van der Waals surface area contributed by atoms with Gasteiger partial charge in [-0.3, -0.25) is 9.69 Å². The lowest BCUT2D eigenvalue weighted by Gasteiger charge is -2.26. The maximum absolute atomic E-state index is 12.7. The van der Waals surface area contributed by atoms with Crippen LogP contribution in [0.1, 0.15) is 41.1 Å². The number of piperidine rings is 1. The van der Waals surface area contributed by atoms with Gasteiger partial charge in [0.1, 0.15) is 5.82 Å². The second-order valence-corrected chi connectivity index (χ2v) is 7.06. The van der Waals surface area contributed by atoms with E-state index in [4.69, 9.17) is 0 Å². The van der Waals surface area contributed by atoms with E-state index in [1.807, 2.05) is 41.4 Å². The van der Waals surface area contributed by atoms with Crippen molar-refractivity contribution < 1.29 is 4.79 Å². The number of carbonyl (C=O) groups is 1. The minimum atomic E-state index is 0.129. The Morgan fingerprint density at radius 2 is 1.76 bits per heavy atom. The van der Waals surface area contributed by atoms with Crippen LogP contribution in [0.15, 0.2) is 36.5 Å². The van der Waals surface area contributed by atoms with Crippen molar-refractivity contribution in [3.8, 4) is 0 Å². The molecule has 4 rings (SSSR count). The van der Waals surface area contributed by atoms with Crippen LogP contribution in [-0.2, 0) is 19.5 Å². The van der Waals surface area contributed by atoms with Gasteiger partial charge in [-0.15, -0.1) is 0 Å². The minimum absolute atomic E-state index is 0.129. The normalized spacial score (nSPS) is 18.6. The molecule has 1 aromatic heterocycles. The summed E-state index contributed by atoms with van der Waals surface area (Å²) in [5.74, 6) is 1.25. The highest BCUT2D eigenvalue weighted by molar-refractivity contribution is 5.94. The van der Waals surface area contributed by atoms with Crippen LogP contribution in [0.25, 0.3) is 0 Å². The lowest BCUT2D eigenvalue weighted by Crippen LogP contribution is -2.34. The van der Waals surface area contributed by atoms with Crippen LogP contribution in [0, 0.1) is 0 Å². The topological polar surface area (TPSA) is 41.4 Å². The number of aromatic nitrogens is 2. The second kappa shape index (κ2) is 7.40. The molecule has 25 heavy (non-hydrogen) atoms. The van der Waals surface area contributed by atoms with E-state index in [9.17, 15) is 4.79 Å². The molecule has 3 heterocycles. The van der Waals surface area contributed by atoms with Crippen LogP contribution in [0.2, 0.25) is 0 Å². The van der Waals surface area contributed by atoms with Crippen molar-refractivity contribution in [2.75, 3.05) is 26.2 Å². The highest BCUT2D eigenvalue weighted by Crippen LogP contribution is 2.17. The van der Waals surface area contributed by atoms with Crippen molar-refractivity contribution >= 4 is 5.91 Å². The highest BCUT2D eigenvalue weighted by atomic mass is 16.2. The van der Waals surface area contributed by atoms with Gasteiger partial charge in [0.05, 0.1) is 5.69 Å². The smallest absolute Gasteiger partial charge is 0.253 e. The van der Waals surface area contributed by atoms with Gasteiger partial charge in [-0.2, -0.15) is 0 Å². The number of nitrogens with zero attached hydrogens (tertiary/aromatic N) is 4. The Labute approximate surface area is 149 Å². The fraction of sp³-hybridized carbons (Fsp3) is 0.500. The van der Waals surface area contributed by atoms with E-state index in [0.29, 0.717) is 0 Å². The molecule has 0 bridgehead atoms. The number of carbonyl (C=O) groups excluding carboxylic acids is 1. The Morgan fingerprint density at radius 3 is 2.56 bits per heavy atom. The van der Waals surface area contributed by atoms with Crippen molar-refractivity contribution in [1.29, 1.82) is 0 Å². The van der Waals surface area contributed by atoms with E-state index < -0.39 is 0 Å². The molecule has 0 N–H and O–H groups in total. The summed E-state index contributed by atoms with van der Waals surface area (Å²) in [4.78, 5) is 21.9. The summed E-state index contributed by atoms with van der Waals surface area (Å²) in [6.07, 6.45) is 6.84. The first-order chi connectivity index (χ1) is 12.3. The number of hydrogen-bond donors (Lipinski definition) is 0. The molecule has 0 radical (unpaired) electrons. The summed E-state index contributed by atoms with van der Waals surface area (Å²) in [7, 11) is 0. The maximum Gasteiger partial charge on any atom is 0.253 e. The quantitative estimate of drug-likeness (QED) is 0.864. The largest absolute Gasteiger partial charge is 0.336 e. The van der Waals surface area contributed by atoms with Crippen molar-refractivity contribution in [2.45, 2.75) is 38.8 Å². The van der Waals surface area contributed by atoms with Gasteiger partial charge in [0.25, 0.3) is 5.91 Å². The van der Waals surface area contributed by atoms with E-state index in [-0.39, 0.29) is 5.91 Å². The molecule has 0 saturated carbocycles. The first kappa shape index (κ1) is 16.3. The van der Waals surface area contributed by atoms with E-state index in [0.717, 1.165) is 44.0 Å². The molecule has 5 nitrogen and oxygen atoms in total. The van der Waals surface area contributed by atoms with Crippen molar-refractivity contribution in [2.24, 2.45) is 0 Å². The summed E-state index contributed by atoms with van der Waals surface area (Å²) in [5.41, 5.74) is 2.07. The molecule has 0 atom stereocenters. The molecule has 0 spiro atoms. The van der Waals surface area contributed by atoms with Crippen molar-refractivity contribution in [3.05, 3.63) is 53.6 Å². The molecule has 2 aromatic rings. The third kappa shape index (κ3) is 3.61. The van der Waals surface area contributed by atoms with Crippen molar-refractivity contribution in [1.82, 2.24) is 19.4 Å². The molecule has 5 heteroatoms. The number of likely N-dealkylation sites (tertiary alicyclic amines) is 1. The summed E-state index contributed by atoms with van der Waals surface area (Å²) < 4.78 is 2.34. The van der Waals surface area contributed by atoms with Crippen LogP contribution in [0.3, 0.4) is 0 Å². The number of hydrogen-bond acceptors (Lipinski definition) is 3. The summed E-state index contributed by atoms with van der Waals surface area (Å²) in [6.45, 7) is 5.72. The van der Waals surface area contributed by atoms with Crippen LogP contribution < -0.4 is 0 Å². The molecule has 132 valence electrons. The summed E-state index contributed by atoms with van der Waals surface area (Å²) in [6, 6.07) is 9.59. The van der Waals surface area contributed by atoms with Gasteiger partial charge >= 0.3 is 0 Å².